The van der Waals surface area contributed by atoms with Gasteiger partial charge in [0.2, 0.25) is 5.91 Å². The monoisotopic (exact) mass is 382 g/mol. The first-order valence-electron chi connectivity index (χ1n) is 10.6. The molecule has 4 fully saturated rings. The number of hydrogen-bond acceptors (Lipinski definition) is 3. The van der Waals surface area contributed by atoms with Crippen LogP contribution in [0.2, 0.25) is 0 Å². The lowest BCUT2D eigenvalue weighted by molar-refractivity contribution is -0.152. The molecule has 4 aliphatic heterocycles. The molecule has 1 aromatic heterocycles. The molecule has 5 heterocycles. The average molecular weight is 383 g/mol. The van der Waals surface area contributed by atoms with E-state index in [2.05, 4.69) is 46.5 Å². The molecule has 4 aliphatic rings. The molecule has 0 aromatic carbocycles. The van der Waals surface area contributed by atoms with Crippen molar-refractivity contribution in [2.24, 2.45) is 5.41 Å². The Bertz CT molecular complexity index is 757. The van der Waals surface area contributed by atoms with Crippen LogP contribution >= 0.6 is 0 Å². The molecular formula is C22H32N5O+. The first-order valence-corrected chi connectivity index (χ1v) is 10.6. The zero-order valence-corrected chi connectivity index (χ0v) is 17.4. The summed E-state index contributed by atoms with van der Waals surface area (Å²) in [6.07, 6.45) is 4.78. The summed E-state index contributed by atoms with van der Waals surface area (Å²) in [5, 5.41) is 0. The SMILES string of the molecule is [C-]#[N+]c1ccc([N+]23CCC(C(=O)N4CCN(C(C)C)[C@@H](C)C4)(CC2)CC3)cn1. The molecule has 0 aliphatic carbocycles. The highest BCUT2D eigenvalue weighted by Gasteiger charge is 2.55. The summed E-state index contributed by atoms with van der Waals surface area (Å²) in [5.41, 5.74) is 1.05. The van der Waals surface area contributed by atoms with Crippen molar-refractivity contribution in [3.05, 3.63) is 29.7 Å². The number of aromatic nitrogens is 1. The molecule has 1 aromatic rings. The number of rotatable bonds is 3. The smallest absolute Gasteiger partial charge is 0.269 e. The van der Waals surface area contributed by atoms with Crippen molar-refractivity contribution in [2.45, 2.75) is 52.1 Å². The van der Waals surface area contributed by atoms with Crippen molar-refractivity contribution in [2.75, 3.05) is 39.3 Å². The quantitative estimate of drug-likeness (QED) is 0.596. The van der Waals surface area contributed by atoms with Crippen molar-refractivity contribution >= 4 is 17.4 Å². The summed E-state index contributed by atoms with van der Waals surface area (Å²) >= 11 is 0. The molecule has 1 atom stereocenters. The van der Waals surface area contributed by atoms with E-state index in [0.717, 1.165) is 63.0 Å². The van der Waals surface area contributed by atoms with Crippen LogP contribution in [0, 0.1) is 12.0 Å². The summed E-state index contributed by atoms with van der Waals surface area (Å²) in [6, 6.07) is 4.86. The Kier molecular flexibility index (Phi) is 4.93. The number of piperidine rings is 3. The van der Waals surface area contributed by atoms with Gasteiger partial charge in [0.25, 0.3) is 5.82 Å². The molecule has 0 spiro atoms. The lowest BCUT2D eigenvalue weighted by Gasteiger charge is -2.54. The molecular weight excluding hydrogens is 350 g/mol. The third kappa shape index (κ3) is 3.11. The molecule has 0 unspecified atom stereocenters. The maximum atomic E-state index is 13.5. The Morgan fingerprint density at radius 1 is 1.25 bits per heavy atom. The van der Waals surface area contributed by atoms with Gasteiger partial charge in [-0.25, -0.2) is 0 Å². The normalized spacial score (nSPS) is 33.1. The van der Waals surface area contributed by atoms with Crippen molar-refractivity contribution in [1.82, 2.24) is 19.3 Å². The van der Waals surface area contributed by atoms with Gasteiger partial charge >= 0.3 is 0 Å². The van der Waals surface area contributed by atoms with Crippen LogP contribution in [0.3, 0.4) is 0 Å². The summed E-state index contributed by atoms with van der Waals surface area (Å²) in [6.45, 7) is 19.6. The average Bonchev–Trinajstić information content (AvgIpc) is 2.74. The fourth-order valence-electron chi connectivity index (χ4n) is 5.69. The Balaban J connectivity index is 1.45. The molecule has 0 saturated carbocycles. The van der Waals surface area contributed by atoms with Crippen molar-refractivity contribution < 1.29 is 4.79 Å². The van der Waals surface area contributed by atoms with Gasteiger partial charge in [0.05, 0.1) is 25.0 Å². The summed E-state index contributed by atoms with van der Waals surface area (Å²) in [7, 11) is 0. The number of carbonyl (C=O) groups excluding carboxylic acids is 1. The standard InChI is InChI=1S/C22H32N5O/c1-17(2)26-11-10-25(16-18(26)3)21(28)22-7-12-27(13-8-22,14-9-22)19-5-6-20(23-4)24-15-19/h5-6,15,17-18H,7-14,16H2,1-3H3/q+1/t18-,22?,27?/m0/s1. The third-order valence-electron chi connectivity index (χ3n) is 7.53. The second kappa shape index (κ2) is 7.13. The van der Waals surface area contributed by atoms with Crippen LogP contribution < -0.4 is 4.48 Å². The largest absolute Gasteiger partial charge is 0.361 e. The van der Waals surface area contributed by atoms with Gasteiger partial charge in [0.1, 0.15) is 0 Å². The van der Waals surface area contributed by atoms with Crippen LogP contribution in [0.1, 0.15) is 40.0 Å². The van der Waals surface area contributed by atoms with Gasteiger partial charge in [0.15, 0.2) is 11.9 Å². The summed E-state index contributed by atoms with van der Waals surface area (Å²) in [4.78, 5) is 25.9. The number of nitrogens with zero attached hydrogens (tertiary/aromatic N) is 5. The van der Waals surface area contributed by atoms with Gasteiger partial charge in [0, 0.05) is 51.0 Å². The first-order chi connectivity index (χ1) is 13.4. The van der Waals surface area contributed by atoms with Crippen LogP contribution in [0.4, 0.5) is 11.5 Å². The lowest BCUT2D eigenvalue weighted by atomic mass is 9.69. The molecule has 0 N–H and O–H groups in total. The lowest BCUT2D eigenvalue weighted by Crippen LogP contribution is -2.67. The van der Waals surface area contributed by atoms with Gasteiger partial charge < -0.3 is 9.74 Å². The molecule has 2 bridgehead atoms. The topological polar surface area (TPSA) is 40.8 Å². The van der Waals surface area contributed by atoms with E-state index in [4.69, 9.17) is 6.57 Å². The van der Waals surface area contributed by atoms with E-state index in [-0.39, 0.29) is 5.41 Å². The van der Waals surface area contributed by atoms with Crippen molar-refractivity contribution in [3.63, 3.8) is 0 Å². The minimum Gasteiger partial charge on any atom is -0.361 e. The van der Waals surface area contributed by atoms with E-state index < -0.39 is 0 Å². The van der Waals surface area contributed by atoms with Crippen LogP contribution in [-0.4, -0.2) is 72.0 Å². The number of pyridine rings is 1. The molecule has 5 rings (SSSR count). The van der Waals surface area contributed by atoms with E-state index in [1.54, 1.807) is 0 Å². The fourth-order valence-corrected chi connectivity index (χ4v) is 5.69. The number of carbonyl (C=O) groups is 1. The number of piperazine rings is 1. The van der Waals surface area contributed by atoms with Crippen LogP contribution in [0.5, 0.6) is 0 Å². The van der Waals surface area contributed by atoms with Gasteiger partial charge in [-0.2, -0.15) is 0 Å². The highest BCUT2D eigenvalue weighted by molar-refractivity contribution is 5.83. The van der Waals surface area contributed by atoms with Gasteiger partial charge in [-0.05, 0) is 32.9 Å². The molecule has 4 saturated heterocycles. The van der Waals surface area contributed by atoms with E-state index in [1.165, 1.54) is 5.69 Å². The second-order valence-electron chi connectivity index (χ2n) is 9.26. The Labute approximate surface area is 168 Å². The van der Waals surface area contributed by atoms with Gasteiger partial charge in [-0.1, -0.05) is 6.57 Å². The van der Waals surface area contributed by atoms with Gasteiger partial charge in [-0.15, -0.1) is 4.98 Å². The maximum absolute atomic E-state index is 13.5. The van der Waals surface area contributed by atoms with E-state index >= 15 is 0 Å². The second-order valence-corrected chi connectivity index (χ2v) is 9.26. The number of hydrogen-bond donors (Lipinski definition) is 0. The summed E-state index contributed by atoms with van der Waals surface area (Å²) < 4.78 is 0.928. The van der Waals surface area contributed by atoms with Crippen LogP contribution in [0.25, 0.3) is 4.85 Å². The predicted octanol–water partition coefficient (Wildman–Crippen LogP) is 3.06. The van der Waals surface area contributed by atoms with Crippen molar-refractivity contribution in [3.8, 4) is 0 Å². The number of fused-ring (bicyclic) bond motifs is 3. The highest BCUT2D eigenvalue weighted by atomic mass is 16.2. The van der Waals surface area contributed by atoms with E-state index in [9.17, 15) is 4.79 Å². The molecule has 150 valence electrons. The predicted molar refractivity (Wildman–Crippen MR) is 111 cm³/mol. The minimum absolute atomic E-state index is 0.149. The number of amides is 1. The Morgan fingerprint density at radius 3 is 2.43 bits per heavy atom. The summed E-state index contributed by atoms with van der Waals surface area (Å²) in [5.74, 6) is 0.858. The Hall–Kier alpha value is -1.97. The van der Waals surface area contributed by atoms with Crippen LogP contribution in [-0.2, 0) is 4.79 Å². The first kappa shape index (κ1) is 19.4. The third-order valence-corrected chi connectivity index (χ3v) is 7.53. The maximum Gasteiger partial charge on any atom is 0.269 e. The molecule has 6 heteroatoms. The highest BCUT2D eigenvalue weighted by Crippen LogP contribution is 2.47. The Morgan fingerprint density at radius 2 is 1.93 bits per heavy atom. The van der Waals surface area contributed by atoms with E-state index in [0.29, 0.717) is 23.8 Å². The number of quaternary nitrogens is 1. The molecule has 6 nitrogen and oxygen atoms in total. The minimum atomic E-state index is -0.149. The van der Waals surface area contributed by atoms with Crippen molar-refractivity contribution in [1.29, 1.82) is 0 Å². The van der Waals surface area contributed by atoms with Crippen LogP contribution in [0.15, 0.2) is 18.3 Å². The molecule has 0 radical (unpaired) electrons. The fraction of sp³-hybridized carbons (Fsp3) is 0.682. The van der Waals surface area contributed by atoms with E-state index in [1.807, 2.05) is 12.3 Å². The zero-order valence-electron chi connectivity index (χ0n) is 17.4. The molecule has 1 amide bonds. The van der Waals surface area contributed by atoms with Gasteiger partial charge in [-0.3, -0.25) is 14.2 Å². The molecule has 28 heavy (non-hydrogen) atoms. The zero-order chi connectivity index (χ0) is 19.9.